The van der Waals surface area contributed by atoms with Crippen LogP contribution in [0.3, 0.4) is 0 Å². The topological polar surface area (TPSA) is 132 Å². The molecule has 0 spiro atoms. The van der Waals surface area contributed by atoms with Gasteiger partial charge in [0.25, 0.3) is 0 Å². The molecule has 0 aliphatic rings. The van der Waals surface area contributed by atoms with Gasteiger partial charge in [-0.15, -0.1) is 11.3 Å². The molecule has 3 aromatic rings. The number of benzene rings is 2. The smallest absolute Gasteiger partial charge is 0.100 e. The van der Waals surface area contributed by atoms with Crippen molar-refractivity contribution in [2.24, 2.45) is 0 Å². The Hall–Kier alpha value is -2.03. The first-order chi connectivity index (χ1) is 15.3. The van der Waals surface area contributed by atoms with E-state index >= 15 is 0 Å². The van der Waals surface area contributed by atoms with E-state index in [1.807, 2.05) is 12.6 Å². The average molecular weight is 558 g/mol. The zero-order valence-corrected chi connectivity index (χ0v) is 22.8. The van der Waals surface area contributed by atoms with Crippen molar-refractivity contribution >= 4 is 69.0 Å². The second kappa shape index (κ2) is 10.9. The Morgan fingerprint density at radius 3 is 2.21 bits per heavy atom. The zero-order valence-electron chi connectivity index (χ0n) is 19.3. The molecule has 2 aromatic carbocycles. The van der Waals surface area contributed by atoms with Crippen molar-refractivity contribution in [1.82, 2.24) is 4.98 Å². The summed E-state index contributed by atoms with van der Waals surface area (Å²) in [5.74, 6) is -0.0529. The van der Waals surface area contributed by atoms with E-state index in [0.717, 1.165) is 10.5 Å². The van der Waals surface area contributed by atoms with Crippen LogP contribution in [0.1, 0.15) is 57.6 Å². The van der Waals surface area contributed by atoms with Gasteiger partial charge in [0.15, 0.2) is 0 Å². The Balaban J connectivity index is 0.000000238. The number of anilines is 2. The van der Waals surface area contributed by atoms with Crippen LogP contribution in [0.15, 0.2) is 23.7 Å². The minimum atomic E-state index is -5.14. The molecular formula is C22H29AsClN3O5S. The number of hydrogen-bond donors (Lipinski definition) is 5. The molecule has 1 amide bonds. The predicted octanol–water partition coefficient (Wildman–Crippen LogP) is 4.15. The molecule has 0 radical (unpaired) electrons. The van der Waals surface area contributed by atoms with E-state index in [1.54, 1.807) is 11.3 Å². The molecule has 180 valence electrons. The van der Waals surface area contributed by atoms with Crippen molar-refractivity contribution in [2.45, 2.75) is 46.5 Å². The summed E-state index contributed by atoms with van der Waals surface area (Å²) in [4.78, 5) is 15.2. The third-order valence-corrected chi connectivity index (χ3v) is 8.18. The Labute approximate surface area is 205 Å². The molecule has 0 aliphatic heterocycles. The maximum Gasteiger partial charge on any atom is 0.100 e. The molecule has 0 unspecified atom stereocenters. The number of carbonyl (C=O) groups excluding carboxylic acids is 1. The molecule has 11 heteroatoms. The Morgan fingerprint density at radius 1 is 1.12 bits per heavy atom. The Morgan fingerprint density at radius 2 is 1.73 bits per heavy atom. The number of phenols is 1. The number of fused-ring (bicyclic) bond motifs is 1. The van der Waals surface area contributed by atoms with Crippen LogP contribution in [0.25, 0.3) is 10.2 Å². The predicted molar refractivity (Wildman–Crippen MR) is 135 cm³/mol. The summed E-state index contributed by atoms with van der Waals surface area (Å²) in [6.07, 6.45) is 0. The maximum absolute atomic E-state index is 11.1. The summed E-state index contributed by atoms with van der Waals surface area (Å²) in [5.41, 5.74) is 6.31. The van der Waals surface area contributed by atoms with Crippen LogP contribution in [0.4, 0.5) is 11.4 Å². The third-order valence-electron chi connectivity index (χ3n) is 4.84. The van der Waals surface area contributed by atoms with Crippen LogP contribution in [-0.4, -0.2) is 45.4 Å². The number of halogens is 1. The van der Waals surface area contributed by atoms with Crippen LogP contribution in [-0.2, 0) is 8.53 Å². The minimum absolute atomic E-state index is 0.225. The number of aromatic nitrogens is 1. The monoisotopic (exact) mass is 557 g/mol. The van der Waals surface area contributed by atoms with Gasteiger partial charge in [0, 0.05) is 12.7 Å². The quantitative estimate of drug-likeness (QED) is 0.235. The molecule has 0 bridgehead atoms. The fourth-order valence-corrected chi connectivity index (χ4v) is 6.59. The van der Waals surface area contributed by atoms with Crippen LogP contribution < -0.4 is 15.0 Å². The maximum atomic E-state index is 11.1. The minimum Gasteiger partial charge on any atom is -0.388 e. The van der Waals surface area contributed by atoms with Crippen molar-refractivity contribution in [3.63, 3.8) is 0 Å². The SMILES string of the molecule is CC(=O)Nc1c(O)cccc1[As](=O)(O)O.CNc1c(C(C)C)c(Cl)c2ncsc2c1C(C)C. The van der Waals surface area contributed by atoms with Gasteiger partial charge in [-0.05, 0) is 23.0 Å². The normalized spacial score (nSPS) is 11.5. The summed E-state index contributed by atoms with van der Waals surface area (Å²) in [7, 11) is 1.97. The van der Waals surface area contributed by atoms with Crippen molar-refractivity contribution < 1.29 is 21.8 Å². The molecule has 0 aliphatic carbocycles. The summed E-state index contributed by atoms with van der Waals surface area (Å²) in [5, 5.41) is 15.7. The van der Waals surface area contributed by atoms with Crippen LogP contribution in [0, 0.1) is 0 Å². The third kappa shape index (κ3) is 6.10. The molecule has 1 heterocycles. The van der Waals surface area contributed by atoms with Crippen LogP contribution in [0.5, 0.6) is 5.75 Å². The fourth-order valence-electron chi connectivity index (χ4n) is 3.53. The van der Waals surface area contributed by atoms with Crippen LogP contribution in [0.2, 0.25) is 5.02 Å². The number of rotatable bonds is 5. The number of thiazole rings is 1. The zero-order chi connectivity index (χ0) is 25.1. The van der Waals surface area contributed by atoms with Gasteiger partial charge in [-0.2, -0.15) is 0 Å². The van der Waals surface area contributed by atoms with Gasteiger partial charge in [0.2, 0.25) is 0 Å². The van der Waals surface area contributed by atoms with Gasteiger partial charge < -0.3 is 5.32 Å². The summed E-state index contributed by atoms with van der Waals surface area (Å²) in [6.45, 7) is 9.96. The van der Waals surface area contributed by atoms with E-state index in [1.165, 1.54) is 46.6 Å². The van der Waals surface area contributed by atoms with E-state index in [0.29, 0.717) is 11.8 Å². The number of amides is 1. The molecule has 0 atom stereocenters. The van der Waals surface area contributed by atoms with Gasteiger partial charge >= 0.3 is 88.1 Å². The Bertz CT molecular complexity index is 1210. The van der Waals surface area contributed by atoms with E-state index in [-0.39, 0.29) is 15.8 Å². The van der Waals surface area contributed by atoms with E-state index in [9.17, 15) is 13.6 Å². The number of phenolic OH excluding ortho intramolecular Hbond substituents is 1. The second-order valence-corrected chi connectivity index (χ2v) is 12.5. The van der Waals surface area contributed by atoms with E-state index in [2.05, 4.69) is 43.3 Å². The molecule has 33 heavy (non-hydrogen) atoms. The number of nitrogens with zero attached hydrogens (tertiary/aromatic N) is 1. The van der Waals surface area contributed by atoms with Gasteiger partial charge in [-0.1, -0.05) is 39.3 Å². The molecule has 8 nitrogen and oxygen atoms in total. The number of carbonyl (C=O) groups is 1. The first-order valence-corrected chi connectivity index (χ1v) is 14.9. The summed E-state index contributed by atoms with van der Waals surface area (Å²) < 4.78 is 30.0. The van der Waals surface area contributed by atoms with Crippen molar-refractivity contribution in [2.75, 3.05) is 17.7 Å². The van der Waals surface area contributed by atoms with Gasteiger partial charge in [-0.3, -0.25) is 0 Å². The first kappa shape index (κ1) is 27.2. The van der Waals surface area contributed by atoms with Crippen molar-refractivity contribution in [3.05, 3.63) is 39.9 Å². The van der Waals surface area contributed by atoms with Crippen molar-refractivity contribution in [1.29, 1.82) is 0 Å². The van der Waals surface area contributed by atoms with Gasteiger partial charge in [0.05, 0.1) is 15.2 Å². The molecule has 0 saturated carbocycles. The summed E-state index contributed by atoms with van der Waals surface area (Å²) in [6, 6.07) is 3.71. The molecule has 1 aromatic heterocycles. The van der Waals surface area contributed by atoms with Gasteiger partial charge in [-0.25, -0.2) is 4.98 Å². The number of aromatic hydroxyl groups is 1. The Kier molecular flexibility index (Phi) is 9.01. The number of nitrogens with one attached hydrogen (secondary N) is 2. The van der Waals surface area contributed by atoms with E-state index in [4.69, 9.17) is 19.8 Å². The number of para-hydroxylation sites is 1. The molecule has 3 rings (SSSR count). The fraction of sp³-hybridized carbons (Fsp3) is 0.364. The second-order valence-electron chi connectivity index (χ2n) is 8.00. The summed E-state index contributed by atoms with van der Waals surface area (Å²) >= 11 is 3.07. The van der Waals surface area contributed by atoms with Crippen molar-refractivity contribution in [3.8, 4) is 5.75 Å². The molecule has 0 saturated heterocycles. The average Bonchev–Trinajstić information content (AvgIpc) is 3.17. The molecule has 5 N–H and O–H groups in total. The molecular weight excluding hydrogens is 529 g/mol. The first-order valence-electron chi connectivity index (χ1n) is 10.2. The van der Waals surface area contributed by atoms with Gasteiger partial charge in [0.1, 0.15) is 5.52 Å². The van der Waals surface area contributed by atoms with Crippen LogP contribution >= 0.6 is 22.9 Å². The standard InChI is InChI=1S/C14H19ClN2S.C8H10AsNO5/c1-7(2)9-11(15)13-14(18-6-17-13)10(8(3)4)12(9)16-5;1-5(11)10-8-6(9(13,14)15)3-2-4-7(8)12/h6-8,16H,1-5H3;2-4,12H,1H3,(H,10,11)(H2,13,14,15). The molecule has 0 fully saturated rings. The number of hydrogen-bond acceptors (Lipinski definition) is 6. The van der Waals surface area contributed by atoms with E-state index < -0.39 is 20.1 Å². The largest absolute Gasteiger partial charge is 0.388 e.